The van der Waals surface area contributed by atoms with E-state index in [-0.39, 0.29) is 11.8 Å². The second kappa shape index (κ2) is 6.93. The first-order valence-corrected chi connectivity index (χ1v) is 8.56. The summed E-state index contributed by atoms with van der Waals surface area (Å²) >= 11 is 0. The summed E-state index contributed by atoms with van der Waals surface area (Å²) in [6, 6.07) is 11.7. The van der Waals surface area contributed by atoms with Crippen LogP contribution in [-0.2, 0) is 11.3 Å². The van der Waals surface area contributed by atoms with Crippen LogP contribution in [0.1, 0.15) is 18.6 Å². The van der Waals surface area contributed by atoms with Gasteiger partial charge in [-0.1, -0.05) is 12.1 Å². The molecule has 0 unspecified atom stereocenters. The summed E-state index contributed by atoms with van der Waals surface area (Å²) in [5.74, 6) is 1.88. The Morgan fingerprint density at radius 1 is 1.16 bits per heavy atom. The fourth-order valence-electron chi connectivity index (χ4n) is 3.33. The number of anilines is 1. The molecule has 1 aromatic carbocycles. The molecule has 0 atom stereocenters. The highest BCUT2D eigenvalue weighted by Gasteiger charge is 2.26. The summed E-state index contributed by atoms with van der Waals surface area (Å²) in [5.41, 5.74) is 0.950. The van der Waals surface area contributed by atoms with Gasteiger partial charge >= 0.3 is 0 Å². The molecular weight excluding hydrogens is 316 g/mol. The van der Waals surface area contributed by atoms with Crippen molar-refractivity contribution in [3.63, 3.8) is 0 Å². The molecule has 128 valence electrons. The third kappa shape index (κ3) is 3.33. The lowest BCUT2D eigenvalue weighted by molar-refractivity contribution is -0.125. The molecule has 2 aromatic heterocycles. The predicted octanol–water partition coefficient (Wildman–Crippen LogP) is 2.76. The van der Waals surface area contributed by atoms with Gasteiger partial charge in [0, 0.05) is 24.4 Å². The van der Waals surface area contributed by atoms with Crippen molar-refractivity contribution in [2.24, 2.45) is 5.92 Å². The third-order valence-electron chi connectivity index (χ3n) is 4.70. The van der Waals surface area contributed by atoms with Gasteiger partial charge in [0.2, 0.25) is 5.91 Å². The van der Waals surface area contributed by atoms with Gasteiger partial charge in [-0.25, -0.2) is 9.97 Å². The first-order chi connectivity index (χ1) is 12.3. The predicted molar refractivity (Wildman–Crippen MR) is 95.0 cm³/mol. The van der Waals surface area contributed by atoms with E-state index in [9.17, 15) is 4.79 Å². The first-order valence-electron chi connectivity index (χ1n) is 8.56. The number of carbonyl (C=O) groups is 1. The van der Waals surface area contributed by atoms with E-state index in [2.05, 4.69) is 20.2 Å². The number of hydrogen-bond donors (Lipinski definition) is 1. The van der Waals surface area contributed by atoms with Crippen molar-refractivity contribution in [3.05, 3.63) is 54.7 Å². The topological polar surface area (TPSA) is 71.3 Å². The first kappa shape index (κ1) is 15.6. The molecule has 25 heavy (non-hydrogen) atoms. The van der Waals surface area contributed by atoms with E-state index < -0.39 is 0 Å². The molecule has 3 aromatic rings. The van der Waals surface area contributed by atoms with Crippen LogP contribution in [0.5, 0.6) is 0 Å². The van der Waals surface area contributed by atoms with Gasteiger partial charge in [-0.3, -0.25) is 4.79 Å². The molecule has 1 N–H and O–H groups in total. The zero-order valence-corrected chi connectivity index (χ0v) is 13.9. The average Bonchev–Trinajstić information content (AvgIpc) is 3.19. The van der Waals surface area contributed by atoms with Crippen LogP contribution < -0.4 is 10.2 Å². The number of amides is 1. The maximum Gasteiger partial charge on any atom is 0.223 e. The Bertz CT molecular complexity index is 850. The van der Waals surface area contributed by atoms with Crippen LogP contribution in [0.25, 0.3) is 10.9 Å². The summed E-state index contributed by atoms with van der Waals surface area (Å²) < 4.78 is 5.25. The van der Waals surface area contributed by atoms with E-state index in [4.69, 9.17) is 4.42 Å². The fourth-order valence-corrected chi connectivity index (χ4v) is 3.33. The highest BCUT2D eigenvalue weighted by molar-refractivity contribution is 5.89. The lowest BCUT2D eigenvalue weighted by Gasteiger charge is -2.32. The lowest BCUT2D eigenvalue weighted by atomic mass is 9.95. The number of rotatable bonds is 4. The van der Waals surface area contributed by atoms with Gasteiger partial charge < -0.3 is 14.6 Å². The second-order valence-corrected chi connectivity index (χ2v) is 6.27. The summed E-state index contributed by atoms with van der Waals surface area (Å²) in [6.07, 6.45) is 4.87. The minimum atomic E-state index is 0.0410. The van der Waals surface area contributed by atoms with E-state index in [1.165, 1.54) is 0 Å². The largest absolute Gasteiger partial charge is 0.467 e. The number of hydrogen-bond acceptors (Lipinski definition) is 5. The number of piperidine rings is 1. The summed E-state index contributed by atoms with van der Waals surface area (Å²) in [5, 5.41) is 4.02. The Kier molecular flexibility index (Phi) is 4.33. The number of benzene rings is 1. The van der Waals surface area contributed by atoms with Gasteiger partial charge in [0.15, 0.2) is 0 Å². The molecule has 0 saturated carbocycles. The zero-order chi connectivity index (χ0) is 17.1. The molecule has 3 heterocycles. The number of para-hydroxylation sites is 1. The summed E-state index contributed by atoms with van der Waals surface area (Å²) in [4.78, 5) is 23.4. The van der Waals surface area contributed by atoms with Crippen LogP contribution in [0.2, 0.25) is 0 Å². The number of furan rings is 1. The highest BCUT2D eigenvalue weighted by Crippen LogP contribution is 2.27. The van der Waals surface area contributed by atoms with Crippen molar-refractivity contribution in [2.75, 3.05) is 18.0 Å². The average molecular weight is 336 g/mol. The molecule has 1 amide bonds. The van der Waals surface area contributed by atoms with Crippen molar-refractivity contribution in [1.82, 2.24) is 15.3 Å². The smallest absolute Gasteiger partial charge is 0.223 e. The van der Waals surface area contributed by atoms with Crippen molar-refractivity contribution >= 4 is 22.6 Å². The Morgan fingerprint density at radius 2 is 2.00 bits per heavy atom. The lowest BCUT2D eigenvalue weighted by Crippen LogP contribution is -2.40. The van der Waals surface area contributed by atoms with E-state index >= 15 is 0 Å². The standard InChI is InChI=1S/C19H20N4O2/c24-19(20-12-15-4-3-11-25-15)14-7-9-23(10-8-14)18-16-5-1-2-6-17(16)21-13-22-18/h1-6,11,13-14H,7-10,12H2,(H,20,24). The highest BCUT2D eigenvalue weighted by atomic mass is 16.3. The van der Waals surface area contributed by atoms with E-state index in [1.807, 2.05) is 36.4 Å². The Balaban J connectivity index is 1.38. The maximum absolute atomic E-state index is 12.4. The number of nitrogens with zero attached hydrogens (tertiary/aromatic N) is 3. The molecule has 6 nitrogen and oxygen atoms in total. The van der Waals surface area contributed by atoms with Crippen molar-refractivity contribution in [2.45, 2.75) is 19.4 Å². The second-order valence-electron chi connectivity index (χ2n) is 6.27. The molecule has 4 rings (SSSR count). The molecule has 0 bridgehead atoms. The SMILES string of the molecule is O=C(NCc1ccco1)C1CCN(c2ncnc3ccccc23)CC1. The number of carbonyl (C=O) groups excluding carboxylic acids is 1. The minimum absolute atomic E-state index is 0.0410. The van der Waals surface area contributed by atoms with Crippen LogP contribution in [0, 0.1) is 5.92 Å². The summed E-state index contributed by atoms with van der Waals surface area (Å²) in [6.45, 7) is 2.09. The third-order valence-corrected chi connectivity index (χ3v) is 4.70. The fraction of sp³-hybridized carbons (Fsp3) is 0.316. The number of nitrogens with one attached hydrogen (secondary N) is 1. The number of fused-ring (bicyclic) bond motifs is 1. The minimum Gasteiger partial charge on any atom is -0.467 e. The zero-order valence-electron chi connectivity index (χ0n) is 13.9. The molecule has 1 fully saturated rings. The molecule has 1 aliphatic rings. The molecule has 1 saturated heterocycles. The van der Waals surface area contributed by atoms with E-state index in [0.29, 0.717) is 6.54 Å². The summed E-state index contributed by atoms with van der Waals surface area (Å²) in [7, 11) is 0. The Morgan fingerprint density at radius 3 is 2.80 bits per heavy atom. The van der Waals surface area contributed by atoms with Crippen LogP contribution in [0.15, 0.2) is 53.4 Å². The van der Waals surface area contributed by atoms with Crippen LogP contribution in [-0.4, -0.2) is 29.0 Å². The normalized spacial score (nSPS) is 15.4. The monoisotopic (exact) mass is 336 g/mol. The Labute approximate surface area is 145 Å². The molecule has 1 aliphatic heterocycles. The molecule has 6 heteroatoms. The maximum atomic E-state index is 12.4. The van der Waals surface area contributed by atoms with Crippen molar-refractivity contribution < 1.29 is 9.21 Å². The van der Waals surface area contributed by atoms with E-state index in [1.54, 1.807) is 12.6 Å². The molecule has 0 aliphatic carbocycles. The van der Waals surface area contributed by atoms with Gasteiger partial charge in [0.1, 0.15) is 17.9 Å². The Hall–Kier alpha value is -2.89. The van der Waals surface area contributed by atoms with Crippen LogP contribution in [0.3, 0.4) is 0 Å². The number of aromatic nitrogens is 2. The molecule has 0 radical (unpaired) electrons. The van der Waals surface area contributed by atoms with Crippen molar-refractivity contribution in [1.29, 1.82) is 0 Å². The quantitative estimate of drug-likeness (QED) is 0.793. The van der Waals surface area contributed by atoms with Crippen LogP contribution >= 0.6 is 0 Å². The molecular formula is C19H20N4O2. The van der Waals surface area contributed by atoms with Crippen LogP contribution in [0.4, 0.5) is 5.82 Å². The molecule has 0 spiro atoms. The van der Waals surface area contributed by atoms with Gasteiger partial charge in [-0.15, -0.1) is 0 Å². The van der Waals surface area contributed by atoms with Gasteiger partial charge in [0.25, 0.3) is 0 Å². The van der Waals surface area contributed by atoms with E-state index in [0.717, 1.165) is 48.4 Å². The van der Waals surface area contributed by atoms with Crippen molar-refractivity contribution in [3.8, 4) is 0 Å². The van der Waals surface area contributed by atoms with Gasteiger partial charge in [-0.2, -0.15) is 0 Å². The van der Waals surface area contributed by atoms with Gasteiger partial charge in [-0.05, 0) is 37.1 Å². The van der Waals surface area contributed by atoms with Gasteiger partial charge in [0.05, 0.1) is 18.3 Å².